The maximum atomic E-state index is 12.8. The monoisotopic (exact) mass is 223 g/mol. The summed E-state index contributed by atoms with van der Waals surface area (Å²) in [4.78, 5) is 8.04. The smallest absolute Gasteiger partial charge is 0.143 e. The minimum absolute atomic E-state index is 0.338. The number of thiazole rings is 1. The number of pyridine rings is 1. The molecule has 0 fully saturated rings. The zero-order valence-electron chi connectivity index (χ0n) is 8.20. The number of anilines is 1. The normalized spacial score (nSPS) is 10.3. The van der Waals surface area contributed by atoms with Crippen LogP contribution in [0.25, 0.3) is 0 Å². The minimum atomic E-state index is -0.338. The number of aromatic nitrogens is 2. The first-order chi connectivity index (χ1) is 7.24. The van der Waals surface area contributed by atoms with Crippen molar-refractivity contribution < 1.29 is 4.39 Å². The number of halogens is 1. The SMILES string of the molecule is Cc1nc(CNc2cncc(F)c2)cs1. The van der Waals surface area contributed by atoms with Crippen molar-refractivity contribution in [2.75, 3.05) is 5.32 Å². The number of nitrogens with zero attached hydrogens (tertiary/aromatic N) is 2. The first-order valence-corrected chi connectivity index (χ1v) is 5.37. The first-order valence-electron chi connectivity index (χ1n) is 4.49. The number of aryl methyl sites for hydroxylation is 1. The lowest BCUT2D eigenvalue weighted by Gasteiger charge is -2.02. The summed E-state index contributed by atoms with van der Waals surface area (Å²) in [5, 5.41) is 6.07. The van der Waals surface area contributed by atoms with E-state index in [0.717, 1.165) is 10.7 Å². The summed E-state index contributed by atoms with van der Waals surface area (Å²) >= 11 is 1.60. The fourth-order valence-electron chi connectivity index (χ4n) is 1.19. The Labute approximate surface area is 91.0 Å². The lowest BCUT2D eigenvalue weighted by molar-refractivity contribution is 0.622. The molecule has 2 aromatic heterocycles. The lowest BCUT2D eigenvalue weighted by Crippen LogP contribution is -2.00. The van der Waals surface area contributed by atoms with Crippen molar-refractivity contribution in [2.24, 2.45) is 0 Å². The van der Waals surface area contributed by atoms with Crippen molar-refractivity contribution in [3.05, 3.63) is 40.4 Å². The molecular weight excluding hydrogens is 213 g/mol. The molecule has 2 aromatic rings. The van der Waals surface area contributed by atoms with Crippen molar-refractivity contribution >= 4 is 17.0 Å². The summed E-state index contributed by atoms with van der Waals surface area (Å²) in [6, 6.07) is 1.41. The maximum Gasteiger partial charge on any atom is 0.143 e. The third-order valence-corrected chi connectivity index (χ3v) is 2.67. The van der Waals surface area contributed by atoms with Crippen molar-refractivity contribution in [1.29, 1.82) is 0 Å². The van der Waals surface area contributed by atoms with Gasteiger partial charge in [-0.2, -0.15) is 0 Å². The van der Waals surface area contributed by atoms with Gasteiger partial charge in [0.15, 0.2) is 0 Å². The molecule has 0 saturated carbocycles. The summed E-state index contributed by atoms with van der Waals surface area (Å²) < 4.78 is 12.8. The highest BCUT2D eigenvalue weighted by Crippen LogP contribution is 2.11. The van der Waals surface area contributed by atoms with Gasteiger partial charge in [0, 0.05) is 11.4 Å². The van der Waals surface area contributed by atoms with Crippen molar-refractivity contribution in [3.8, 4) is 0 Å². The highest BCUT2D eigenvalue weighted by molar-refractivity contribution is 7.09. The molecule has 2 rings (SSSR count). The van der Waals surface area contributed by atoms with Crippen LogP contribution in [0.5, 0.6) is 0 Å². The van der Waals surface area contributed by atoms with Crippen LogP contribution >= 0.6 is 11.3 Å². The molecular formula is C10H10FN3S. The Bertz CT molecular complexity index is 455. The lowest BCUT2D eigenvalue weighted by atomic mass is 10.4. The fraction of sp³-hybridized carbons (Fsp3) is 0.200. The van der Waals surface area contributed by atoms with Crippen molar-refractivity contribution in [2.45, 2.75) is 13.5 Å². The third-order valence-electron chi connectivity index (χ3n) is 1.85. The summed E-state index contributed by atoms with van der Waals surface area (Å²) in [7, 11) is 0. The second kappa shape index (κ2) is 4.35. The first kappa shape index (κ1) is 10.0. The van der Waals surface area contributed by atoms with Gasteiger partial charge in [-0.1, -0.05) is 0 Å². The molecule has 5 heteroatoms. The van der Waals surface area contributed by atoms with E-state index in [4.69, 9.17) is 0 Å². The Kier molecular flexibility index (Phi) is 2.91. The number of hydrogen-bond donors (Lipinski definition) is 1. The summed E-state index contributed by atoms with van der Waals surface area (Å²) in [5.41, 5.74) is 1.63. The van der Waals surface area contributed by atoms with Crippen LogP contribution in [-0.2, 0) is 6.54 Å². The van der Waals surface area contributed by atoms with E-state index in [-0.39, 0.29) is 5.82 Å². The summed E-state index contributed by atoms with van der Waals surface area (Å²) in [6.07, 6.45) is 2.76. The number of nitrogens with one attached hydrogen (secondary N) is 1. The molecule has 1 N–H and O–H groups in total. The molecule has 0 bridgehead atoms. The van der Waals surface area contributed by atoms with Gasteiger partial charge >= 0.3 is 0 Å². The maximum absolute atomic E-state index is 12.8. The van der Waals surface area contributed by atoms with E-state index in [2.05, 4.69) is 15.3 Å². The zero-order chi connectivity index (χ0) is 10.7. The van der Waals surface area contributed by atoms with Crippen LogP contribution in [0.3, 0.4) is 0 Å². The Morgan fingerprint density at radius 1 is 1.47 bits per heavy atom. The van der Waals surface area contributed by atoms with E-state index in [1.807, 2.05) is 12.3 Å². The van der Waals surface area contributed by atoms with Gasteiger partial charge < -0.3 is 5.32 Å². The Hall–Kier alpha value is -1.49. The minimum Gasteiger partial charge on any atom is -0.378 e. The molecule has 78 valence electrons. The Morgan fingerprint density at radius 2 is 2.33 bits per heavy atom. The van der Waals surface area contributed by atoms with Gasteiger partial charge in [0.25, 0.3) is 0 Å². The molecule has 0 aromatic carbocycles. The van der Waals surface area contributed by atoms with Crippen LogP contribution in [0.4, 0.5) is 10.1 Å². The van der Waals surface area contributed by atoms with Gasteiger partial charge in [-0.25, -0.2) is 9.37 Å². The predicted octanol–water partition coefficient (Wildman–Crippen LogP) is 2.60. The van der Waals surface area contributed by atoms with E-state index >= 15 is 0 Å². The molecule has 0 spiro atoms. The molecule has 0 amide bonds. The van der Waals surface area contributed by atoms with Crippen LogP contribution in [0.15, 0.2) is 23.8 Å². The molecule has 0 radical (unpaired) electrons. The number of hydrogen-bond acceptors (Lipinski definition) is 4. The van der Waals surface area contributed by atoms with Gasteiger partial charge in [0.1, 0.15) is 5.82 Å². The average molecular weight is 223 g/mol. The fourth-order valence-corrected chi connectivity index (χ4v) is 1.80. The highest BCUT2D eigenvalue weighted by Gasteiger charge is 1.99. The largest absolute Gasteiger partial charge is 0.378 e. The van der Waals surface area contributed by atoms with Crippen molar-refractivity contribution in [1.82, 2.24) is 9.97 Å². The van der Waals surface area contributed by atoms with Crippen LogP contribution < -0.4 is 5.32 Å². The topological polar surface area (TPSA) is 37.8 Å². The average Bonchev–Trinajstić information content (AvgIpc) is 2.62. The second-order valence-corrected chi connectivity index (χ2v) is 4.17. The quantitative estimate of drug-likeness (QED) is 0.869. The molecule has 15 heavy (non-hydrogen) atoms. The Balaban J connectivity index is 1.99. The molecule has 0 aliphatic carbocycles. The molecule has 0 aliphatic rings. The molecule has 2 heterocycles. The molecule has 0 saturated heterocycles. The van der Waals surface area contributed by atoms with Gasteiger partial charge in [-0.15, -0.1) is 11.3 Å². The van der Waals surface area contributed by atoms with Gasteiger partial charge in [0.05, 0.1) is 35.3 Å². The molecule has 0 aliphatic heterocycles. The molecule has 0 atom stereocenters. The predicted molar refractivity (Wildman–Crippen MR) is 58.4 cm³/mol. The summed E-state index contributed by atoms with van der Waals surface area (Å²) in [5.74, 6) is -0.338. The van der Waals surface area contributed by atoms with E-state index in [0.29, 0.717) is 12.2 Å². The van der Waals surface area contributed by atoms with Gasteiger partial charge in [-0.3, -0.25) is 4.98 Å². The van der Waals surface area contributed by atoms with Gasteiger partial charge in [0.2, 0.25) is 0 Å². The zero-order valence-corrected chi connectivity index (χ0v) is 9.01. The van der Waals surface area contributed by atoms with Gasteiger partial charge in [-0.05, 0) is 6.92 Å². The Morgan fingerprint density at radius 3 is 3.00 bits per heavy atom. The standard InChI is InChI=1S/C10H10FN3S/c1-7-14-10(6-15-7)5-13-9-2-8(11)3-12-4-9/h2-4,6,13H,5H2,1H3. The van der Waals surface area contributed by atoms with E-state index < -0.39 is 0 Å². The van der Waals surface area contributed by atoms with Crippen LogP contribution in [0, 0.1) is 12.7 Å². The molecule has 0 unspecified atom stereocenters. The van der Waals surface area contributed by atoms with Crippen molar-refractivity contribution in [3.63, 3.8) is 0 Å². The van der Waals surface area contributed by atoms with E-state index in [1.54, 1.807) is 17.5 Å². The van der Waals surface area contributed by atoms with E-state index in [9.17, 15) is 4.39 Å². The van der Waals surface area contributed by atoms with Crippen LogP contribution in [0.1, 0.15) is 10.7 Å². The van der Waals surface area contributed by atoms with Crippen LogP contribution in [0.2, 0.25) is 0 Å². The van der Waals surface area contributed by atoms with E-state index in [1.165, 1.54) is 12.3 Å². The second-order valence-electron chi connectivity index (χ2n) is 3.10. The summed E-state index contributed by atoms with van der Waals surface area (Å²) in [6.45, 7) is 2.55. The highest BCUT2D eigenvalue weighted by atomic mass is 32.1. The van der Waals surface area contributed by atoms with Crippen LogP contribution in [-0.4, -0.2) is 9.97 Å². The third kappa shape index (κ3) is 2.73. The number of rotatable bonds is 3. The molecule has 3 nitrogen and oxygen atoms in total.